The first kappa shape index (κ1) is 7.87. The van der Waals surface area contributed by atoms with Gasteiger partial charge in [0.15, 0.2) is 0 Å². The number of aliphatic hydroxyl groups is 1. The highest BCUT2D eigenvalue weighted by molar-refractivity contribution is 7.70. The molecule has 1 radical (unpaired) electrons. The topological polar surface area (TPSA) is 66.4 Å². The normalized spacial score (nSPS) is 12.5. The summed E-state index contributed by atoms with van der Waals surface area (Å²) in [5.74, 6) is 0. The Morgan fingerprint density at radius 2 is 2.12 bits per heavy atom. The Hall–Kier alpha value is -0.130. The van der Waals surface area contributed by atoms with E-state index in [1.165, 1.54) is 6.92 Å². The van der Waals surface area contributed by atoms with Crippen molar-refractivity contribution in [2.75, 3.05) is 0 Å². The maximum absolute atomic E-state index is 9.74. The van der Waals surface area contributed by atoms with E-state index in [2.05, 4.69) is 6.92 Å². The predicted octanol–water partition coefficient (Wildman–Crippen LogP) is -1.36. The van der Waals surface area contributed by atoms with Gasteiger partial charge >= 0.3 is 0 Å². The molecule has 0 aromatic carbocycles. The molecule has 0 spiro atoms. The second-order valence-corrected chi connectivity index (χ2v) is 2.38. The number of hydrogen-bond donors (Lipinski definition) is 3. The van der Waals surface area contributed by atoms with Crippen molar-refractivity contribution in [3.63, 3.8) is 0 Å². The van der Waals surface area contributed by atoms with Crippen LogP contribution in [0.4, 0.5) is 0 Å². The molecule has 5 heteroatoms. The molecular weight excluding hydrogens is 130 g/mol. The summed E-state index contributed by atoms with van der Waals surface area (Å²) in [6, 6.07) is 0. The molecule has 0 aromatic rings. The van der Waals surface area contributed by atoms with Gasteiger partial charge in [-0.3, -0.25) is 0 Å². The fraction of sp³-hybridized carbons (Fsp3) is 0.667. The summed E-state index contributed by atoms with van der Waals surface area (Å²) in [5.41, 5.74) is -1.57. The van der Waals surface area contributed by atoms with Crippen LogP contribution in [0.3, 0.4) is 0 Å². The van der Waals surface area contributed by atoms with Crippen LogP contribution in [-0.4, -0.2) is 19.2 Å². The Balaban J connectivity index is 3.73. The van der Waals surface area contributed by atoms with Gasteiger partial charge in [0.05, 0.1) is 0 Å². The van der Waals surface area contributed by atoms with Crippen molar-refractivity contribution in [1.82, 2.24) is 4.72 Å². The molecule has 0 saturated heterocycles. The molecule has 1 unspecified atom stereocenters. The molecule has 0 aliphatic rings. The molecule has 4 nitrogen and oxygen atoms in total. The van der Waals surface area contributed by atoms with Crippen LogP contribution in [0.2, 0.25) is 0 Å². The van der Waals surface area contributed by atoms with Gasteiger partial charge in [-0.2, -0.15) is 4.72 Å². The lowest BCUT2D eigenvalue weighted by Gasteiger charge is -2.12. The van der Waals surface area contributed by atoms with Crippen LogP contribution >= 0.6 is 0 Å². The van der Waals surface area contributed by atoms with Gasteiger partial charge in [0, 0.05) is 0 Å². The van der Waals surface area contributed by atoms with Crippen LogP contribution in [0, 0.1) is 6.92 Å². The number of nitrogens with one attached hydrogen (secondary N) is 1. The Morgan fingerprint density at radius 3 is 2.12 bits per heavy atom. The number of thiol groups is 1. The first-order valence-electron chi connectivity index (χ1n) is 1.92. The highest BCUT2D eigenvalue weighted by Crippen LogP contribution is 1.90. The van der Waals surface area contributed by atoms with E-state index in [1.807, 2.05) is 0 Å². The summed E-state index contributed by atoms with van der Waals surface area (Å²) < 4.78 is 21.3. The van der Waals surface area contributed by atoms with E-state index in [9.17, 15) is 8.42 Å². The molecule has 0 amide bonds. The van der Waals surface area contributed by atoms with Crippen molar-refractivity contribution in [2.45, 2.75) is 12.6 Å². The van der Waals surface area contributed by atoms with Crippen molar-refractivity contribution in [1.29, 1.82) is 0 Å². The molecule has 0 rings (SSSR count). The van der Waals surface area contributed by atoms with Gasteiger partial charge in [-0.25, -0.2) is 8.42 Å². The third-order valence-electron chi connectivity index (χ3n) is 0.332. The zero-order valence-corrected chi connectivity index (χ0v) is 5.31. The predicted molar refractivity (Wildman–Crippen MR) is 29.4 cm³/mol. The van der Waals surface area contributed by atoms with Gasteiger partial charge < -0.3 is 5.11 Å². The molecular formula is C3H8NO3S. The van der Waals surface area contributed by atoms with Gasteiger partial charge in [0.2, 0.25) is 10.9 Å². The molecule has 0 heterocycles. The number of rotatable bonds is 2. The van der Waals surface area contributed by atoms with Crippen LogP contribution in [0.25, 0.3) is 0 Å². The molecule has 0 bridgehead atoms. The van der Waals surface area contributed by atoms with E-state index in [1.54, 1.807) is 4.72 Å². The fourth-order valence-electron chi connectivity index (χ4n) is 0.197. The zero-order valence-electron chi connectivity index (χ0n) is 4.42. The summed E-state index contributed by atoms with van der Waals surface area (Å²) in [6.45, 7) is 4.31. The minimum Gasteiger partial charge on any atom is -0.375 e. The standard InChI is InChI=1S/C3H8NO3S/c1-3(2,5)4-8(6)7/h5,8H,1H2,2H3,(H,4,6,7). The molecule has 0 saturated carbocycles. The van der Waals surface area contributed by atoms with Gasteiger partial charge in [0.1, 0.15) is 5.72 Å². The maximum Gasteiger partial charge on any atom is 0.203 e. The second kappa shape index (κ2) is 2.43. The minimum atomic E-state index is -2.75. The van der Waals surface area contributed by atoms with Crippen LogP contribution in [0.1, 0.15) is 6.92 Å². The number of hydrogen-bond acceptors (Lipinski definition) is 3. The third-order valence-corrected chi connectivity index (χ3v) is 0.996. The van der Waals surface area contributed by atoms with Gasteiger partial charge in [0.25, 0.3) is 0 Å². The van der Waals surface area contributed by atoms with E-state index in [0.29, 0.717) is 0 Å². The summed E-state index contributed by atoms with van der Waals surface area (Å²) in [7, 11) is -2.75. The Bertz CT molecular complexity index is 126. The maximum atomic E-state index is 9.74. The lowest BCUT2D eigenvalue weighted by Crippen LogP contribution is -2.37. The minimum absolute atomic E-state index is 1.23. The summed E-state index contributed by atoms with van der Waals surface area (Å²) in [5, 5.41) is 8.58. The van der Waals surface area contributed by atoms with Gasteiger partial charge in [-0.05, 0) is 13.8 Å². The SMILES string of the molecule is [CH2]C(C)(O)N[SH](=O)=O. The van der Waals surface area contributed by atoms with E-state index in [0.717, 1.165) is 0 Å². The monoisotopic (exact) mass is 138 g/mol. The highest BCUT2D eigenvalue weighted by atomic mass is 32.2. The fourth-order valence-corrected chi connectivity index (χ4v) is 0.590. The van der Waals surface area contributed by atoms with Crippen LogP contribution in [0.15, 0.2) is 0 Å². The Morgan fingerprint density at radius 1 is 1.75 bits per heavy atom. The molecule has 0 fully saturated rings. The van der Waals surface area contributed by atoms with E-state index >= 15 is 0 Å². The Kier molecular flexibility index (Phi) is 2.39. The van der Waals surface area contributed by atoms with Crippen LogP contribution < -0.4 is 4.72 Å². The second-order valence-electron chi connectivity index (χ2n) is 1.64. The van der Waals surface area contributed by atoms with Gasteiger partial charge in [-0.1, -0.05) is 0 Å². The van der Waals surface area contributed by atoms with Crippen molar-refractivity contribution in [3.8, 4) is 0 Å². The summed E-state index contributed by atoms with van der Waals surface area (Å²) >= 11 is 0. The smallest absolute Gasteiger partial charge is 0.203 e. The van der Waals surface area contributed by atoms with E-state index in [-0.39, 0.29) is 0 Å². The molecule has 2 N–H and O–H groups in total. The summed E-state index contributed by atoms with van der Waals surface area (Å²) in [6.07, 6.45) is 0. The third kappa shape index (κ3) is 5.87. The average Bonchev–Trinajstić information content (AvgIpc) is 1.21. The van der Waals surface area contributed by atoms with Crippen LogP contribution in [-0.2, 0) is 10.9 Å². The van der Waals surface area contributed by atoms with Crippen LogP contribution in [0.5, 0.6) is 0 Å². The summed E-state index contributed by atoms with van der Waals surface area (Å²) in [4.78, 5) is 0. The zero-order chi connectivity index (χ0) is 6.78. The molecule has 49 valence electrons. The molecule has 0 aliphatic heterocycles. The molecule has 0 aromatic heterocycles. The first-order valence-corrected chi connectivity index (χ1v) is 3.09. The molecule has 0 aliphatic carbocycles. The lowest BCUT2D eigenvalue weighted by molar-refractivity contribution is 0.0982. The first-order chi connectivity index (χ1) is 3.42. The largest absolute Gasteiger partial charge is 0.375 e. The average molecular weight is 138 g/mol. The molecule has 1 atom stereocenters. The van der Waals surface area contributed by atoms with Crippen molar-refractivity contribution in [3.05, 3.63) is 6.92 Å². The van der Waals surface area contributed by atoms with E-state index < -0.39 is 16.6 Å². The van der Waals surface area contributed by atoms with Crippen molar-refractivity contribution in [2.24, 2.45) is 0 Å². The van der Waals surface area contributed by atoms with Crippen molar-refractivity contribution >= 4 is 10.9 Å². The quantitative estimate of drug-likeness (QED) is 0.326. The lowest BCUT2D eigenvalue weighted by atomic mass is 10.4. The highest BCUT2D eigenvalue weighted by Gasteiger charge is 2.10. The van der Waals surface area contributed by atoms with E-state index in [4.69, 9.17) is 5.11 Å². The van der Waals surface area contributed by atoms with Gasteiger partial charge in [-0.15, -0.1) is 0 Å². The Labute approximate surface area is 49.6 Å². The molecule has 8 heavy (non-hydrogen) atoms. The van der Waals surface area contributed by atoms with Crippen molar-refractivity contribution < 1.29 is 13.5 Å².